The molecule has 0 fully saturated rings. The Bertz CT molecular complexity index is 211. The quantitative estimate of drug-likeness (QED) is 0.680. The van der Waals surface area contributed by atoms with E-state index in [2.05, 4.69) is 0 Å². The topological polar surface area (TPSA) is 34.1 Å². The number of carbonyl (C=O) groups is 2. The molecule has 0 aliphatic heterocycles. The van der Waals surface area contributed by atoms with Crippen molar-refractivity contribution in [2.75, 3.05) is 0 Å². The summed E-state index contributed by atoms with van der Waals surface area (Å²) in [7, 11) is 0. The summed E-state index contributed by atoms with van der Waals surface area (Å²) in [6.07, 6.45) is 1.88. The van der Waals surface area contributed by atoms with Crippen LogP contribution in [0.1, 0.15) is 53.9 Å². The van der Waals surface area contributed by atoms with E-state index >= 15 is 0 Å². The molecule has 0 aromatic carbocycles. The van der Waals surface area contributed by atoms with E-state index in [-0.39, 0.29) is 22.9 Å². The first-order valence-electron chi connectivity index (χ1n) is 5.31. The number of hydrogen-bond donors (Lipinski definition) is 0. The zero-order valence-electron chi connectivity index (χ0n) is 10.0. The van der Waals surface area contributed by atoms with Crippen LogP contribution < -0.4 is 0 Å². The molecule has 0 spiro atoms. The van der Waals surface area contributed by atoms with Crippen molar-refractivity contribution in [3.8, 4) is 0 Å². The maximum absolute atomic E-state index is 11.5. The van der Waals surface area contributed by atoms with Gasteiger partial charge in [0, 0.05) is 18.8 Å². The van der Waals surface area contributed by atoms with Gasteiger partial charge in [0.05, 0.1) is 0 Å². The van der Waals surface area contributed by atoms with Crippen LogP contribution in [0.5, 0.6) is 0 Å². The van der Waals surface area contributed by atoms with Crippen LogP contribution in [0.25, 0.3) is 0 Å². The SMILES string of the molecule is CCCC(=O)CC(C(C)=O)C(C)(C)C. The molecule has 0 N–H and O–H groups in total. The largest absolute Gasteiger partial charge is 0.300 e. The number of ketones is 2. The molecule has 0 aromatic rings. The third-order valence-electron chi connectivity index (χ3n) is 2.50. The normalized spacial score (nSPS) is 13.8. The first kappa shape index (κ1) is 13.3. The van der Waals surface area contributed by atoms with E-state index in [1.165, 1.54) is 0 Å². The molecule has 82 valence electrons. The highest BCUT2D eigenvalue weighted by atomic mass is 16.1. The average Bonchev–Trinajstić information content (AvgIpc) is 1.98. The minimum Gasteiger partial charge on any atom is -0.300 e. The van der Waals surface area contributed by atoms with Crippen molar-refractivity contribution >= 4 is 11.6 Å². The monoisotopic (exact) mass is 198 g/mol. The second-order valence-electron chi connectivity index (χ2n) is 5.02. The van der Waals surface area contributed by atoms with E-state index in [4.69, 9.17) is 0 Å². The zero-order valence-corrected chi connectivity index (χ0v) is 10.0. The number of hydrogen-bond acceptors (Lipinski definition) is 2. The molecule has 2 heteroatoms. The lowest BCUT2D eigenvalue weighted by Gasteiger charge is -2.27. The van der Waals surface area contributed by atoms with Gasteiger partial charge in [-0.05, 0) is 18.8 Å². The Morgan fingerprint density at radius 3 is 2.00 bits per heavy atom. The van der Waals surface area contributed by atoms with Crippen molar-refractivity contribution in [3.05, 3.63) is 0 Å². The summed E-state index contributed by atoms with van der Waals surface area (Å²) >= 11 is 0. The van der Waals surface area contributed by atoms with Crippen molar-refractivity contribution in [2.45, 2.75) is 53.9 Å². The van der Waals surface area contributed by atoms with Gasteiger partial charge in [-0.25, -0.2) is 0 Å². The molecule has 0 saturated heterocycles. The molecule has 2 nitrogen and oxygen atoms in total. The molecule has 0 bridgehead atoms. The van der Waals surface area contributed by atoms with Gasteiger partial charge < -0.3 is 0 Å². The lowest BCUT2D eigenvalue weighted by atomic mass is 9.75. The highest BCUT2D eigenvalue weighted by Gasteiger charge is 2.30. The van der Waals surface area contributed by atoms with Crippen LogP contribution in [0.4, 0.5) is 0 Å². The van der Waals surface area contributed by atoms with Gasteiger partial charge in [0.1, 0.15) is 11.6 Å². The Balaban J connectivity index is 4.40. The standard InChI is InChI=1S/C12H22O2/c1-6-7-10(14)8-11(9(2)13)12(3,4)5/h11H,6-8H2,1-5H3. The van der Waals surface area contributed by atoms with Gasteiger partial charge in [-0.1, -0.05) is 27.7 Å². The van der Waals surface area contributed by atoms with Crippen LogP contribution >= 0.6 is 0 Å². The summed E-state index contributed by atoms with van der Waals surface area (Å²) in [4.78, 5) is 22.8. The minimum atomic E-state index is -0.124. The fraction of sp³-hybridized carbons (Fsp3) is 0.833. The predicted octanol–water partition coefficient (Wildman–Crippen LogP) is 3.00. The van der Waals surface area contributed by atoms with Crippen molar-refractivity contribution in [3.63, 3.8) is 0 Å². The first-order valence-corrected chi connectivity index (χ1v) is 5.31. The molecule has 0 rings (SSSR count). The van der Waals surface area contributed by atoms with E-state index in [9.17, 15) is 9.59 Å². The second-order valence-corrected chi connectivity index (χ2v) is 5.02. The van der Waals surface area contributed by atoms with Gasteiger partial charge in [-0.3, -0.25) is 9.59 Å². The molecule has 0 amide bonds. The molecule has 1 unspecified atom stereocenters. The lowest BCUT2D eigenvalue weighted by Crippen LogP contribution is -2.29. The summed E-state index contributed by atoms with van der Waals surface area (Å²) in [5.41, 5.74) is -0.102. The molecule has 0 aliphatic carbocycles. The Morgan fingerprint density at radius 1 is 1.21 bits per heavy atom. The third-order valence-corrected chi connectivity index (χ3v) is 2.50. The van der Waals surface area contributed by atoms with Crippen molar-refractivity contribution in [1.29, 1.82) is 0 Å². The number of carbonyl (C=O) groups excluding carboxylic acids is 2. The van der Waals surface area contributed by atoms with Gasteiger partial charge in [0.25, 0.3) is 0 Å². The molecule has 0 saturated carbocycles. The summed E-state index contributed by atoms with van der Waals surface area (Å²) in [6, 6.07) is 0. The Kier molecular flexibility index (Phi) is 5.03. The van der Waals surface area contributed by atoms with Crippen LogP contribution in [0, 0.1) is 11.3 Å². The fourth-order valence-electron chi connectivity index (χ4n) is 1.67. The average molecular weight is 198 g/mol. The van der Waals surface area contributed by atoms with E-state index in [1.807, 2.05) is 27.7 Å². The molecule has 1 atom stereocenters. The highest BCUT2D eigenvalue weighted by molar-refractivity contribution is 5.87. The summed E-state index contributed by atoms with van der Waals surface area (Å²) in [6.45, 7) is 9.60. The molecule has 14 heavy (non-hydrogen) atoms. The molecule has 0 radical (unpaired) electrons. The van der Waals surface area contributed by atoms with Crippen LogP contribution in [-0.4, -0.2) is 11.6 Å². The minimum absolute atomic E-state index is 0.102. The zero-order chi connectivity index (χ0) is 11.4. The van der Waals surface area contributed by atoms with Crippen LogP contribution in [0.15, 0.2) is 0 Å². The smallest absolute Gasteiger partial charge is 0.133 e. The van der Waals surface area contributed by atoms with Gasteiger partial charge in [0.15, 0.2) is 0 Å². The van der Waals surface area contributed by atoms with Crippen molar-refractivity contribution in [2.24, 2.45) is 11.3 Å². The van der Waals surface area contributed by atoms with E-state index in [0.717, 1.165) is 6.42 Å². The molecular weight excluding hydrogens is 176 g/mol. The van der Waals surface area contributed by atoms with Gasteiger partial charge in [-0.15, -0.1) is 0 Å². The third kappa shape index (κ3) is 4.54. The Labute approximate surface area is 87.1 Å². The van der Waals surface area contributed by atoms with E-state index in [1.54, 1.807) is 6.92 Å². The second kappa shape index (κ2) is 5.28. The number of rotatable bonds is 5. The van der Waals surface area contributed by atoms with Gasteiger partial charge in [-0.2, -0.15) is 0 Å². The van der Waals surface area contributed by atoms with Gasteiger partial charge in [0.2, 0.25) is 0 Å². The maximum atomic E-state index is 11.5. The summed E-state index contributed by atoms with van der Waals surface area (Å²) in [5, 5.41) is 0. The van der Waals surface area contributed by atoms with Crippen molar-refractivity contribution in [1.82, 2.24) is 0 Å². The van der Waals surface area contributed by atoms with Crippen LogP contribution in [0.2, 0.25) is 0 Å². The first-order chi connectivity index (χ1) is 6.29. The maximum Gasteiger partial charge on any atom is 0.133 e. The molecular formula is C12H22O2. The summed E-state index contributed by atoms with van der Waals surface area (Å²) in [5.74, 6) is 0.214. The fourth-order valence-corrected chi connectivity index (χ4v) is 1.67. The lowest BCUT2D eigenvalue weighted by molar-refractivity contribution is -0.129. The highest BCUT2D eigenvalue weighted by Crippen LogP contribution is 2.30. The predicted molar refractivity (Wildman–Crippen MR) is 58.2 cm³/mol. The van der Waals surface area contributed by atoms with E-state index in [0.29, 0.717) is 12.8 Å². The van der Waals surface area contributed by atoms with Crippen LogP contribution in [0.3, 0.4) is 0 Å². The summed E-state index contributed by atoms with van der Waals surface area (Å²) < 4.78 is 0. The van der Waals surface area contributed by atoms with Crippen molar-refractivity contribution < 1.29 is 9.59 Å². The van der Waals surface area contributed by atoms with Crippen LogP contribution in [-0.2, 0) is 9.59 Å². The Hall–Kier alpha value is -0.660. The molecule has 0 aromatic heterocycles. The molecule has 0 heterocycles. The Morgan fingerprint density at radius 2 is 1.71 bits per heavy atom. The number of Topliss-reactive ketones (excluding diaryl/α,β-unsaturated/α-hetero) is 2. The van der Waals surface area contributed by atoms with Gasteiger partial charge >= 0.3 is 0 Å². The molecule has 0 aliphatic rings. The van der Waals surface area contributed by atoms with E-state index < -0.39 is 0 Å².